The molecule has 8 heteroatoms. The zero-order valence-electron chi connectivity index (χ0n) is 15.5. The van der Waals surface area contributed by atoms with Crippen molar-refractivity contribution in [1.82, 2.24) is 25.3 Å². The van der Waals surface area contributed by atoms with E-state index in [1.54, 1.807) is 17.1 Å². The van der Waals surface area contributed by atoms with Crippen LogP contribution in [0.4, 0.5) is 5.69 Å². The van der Waals surface area contributed by atoms with Gasteiger partial charge in [0.25, 0.3) is 5.91 Å². The van der Waals surface area contributed by atoms with E-state index in [0.29, 0.717) is 23.3 Å². The largest absolute Gasteiger partial charge is 0.440 e. The van der Waals surface area contributed by atoms with Gasteiger partial charge in [-0.3, -0.25) is 4.79 Å². The zero-order valence-corrected chi connectivity index (χ0v) is 15.5. The number of amides is 1. The predicted molar refractivity (Wildman–Crippen MR) is 103 cm³/mol. The number of hydrogen-bond acceptors (Lipinski definition) is 6. The highest BCUT2D eigenvalue weighted by atomic mass is 16.4. The normalized spacial score (nSPS) is 17.6. The van der Waals surface area contributed by atoms with Crippen molar-refractivity contribution in [3.63, 3.8) is 0 Å². The number of benzene rings is 1. The van der Waals surface area contributed by atoms with E-state index in [-0.39, 0.29) is 5.91 Å². The lowest BCUT2D eigenvalue weighted by Gasteiger charge is -2.22. The van der Waals surface area contributed by atoms with Crippen LogP contribution in [0.3, 0.4) is 0 Å². The second kappa shape index (κ2) is 7.20. The molecular formula is C20H22N6O2. The van der Waals surface area contributed by atoms with Gasteiger partial charge in [0.15, 0.2) is 17.3 Å². The molecule has 0 radical (unpaired) electrons. The minimum Gasteiger partial charge on any atom is -0.440 e. The standard InChI is InChI=1S/C20H22N6O2/c27-19(17-12-26(25-24-17)16-7-9-21-10-8-16)23-15-5-3-13(4-6-15)18-11-22-20(28-18)14-1-2-14/h3-6,11-12,14,16,21H,1-2,7-10H2,(H,23,27). The molecule has 0 bridgehead atoms. The Labute approximate surface area is 162 Å². The average molecular weight is 378 g/mol. The maximum atomic E-state index is 12.5. The average Bonchev–Trinajstić information content (AvgIpc) is 3.27. The predicted octanol–water partition coefficient (Wildman–Crippen LogP) is 2.99. The molecule has 1 saturated heterocycles. The first kappa shape index (κ1) is 17.1. The third kappa shape index (κ3) is 3.55. The van der Waals surface area contributed by atoms with Gasteiger partial charge in [0.05, 0.1) is 18.4 Å². The van der Waals surface area contributed by atoms with Crippen LogP contribution in [-0.2, 0) is 0 Å². The fourth-order valence-electron chi connectivity index (χ4n) is 3.48. The molecule has 3 aromatic rings. The van der Waals surface area contributed by atoms with Crippen LogP contribution in [-0.4, -0.2) is 39.0 Å². The molecule has 28 heavy (non-hydrogen) atoms. The molecule has 0 spiro atoms. The SMILES string of the molecule is O=C(Nc1ccc(-c2cnc(C3CC3)o2)cc1)c1cn(C2CCNCC2)nn1. The molecule has 1 saturated carbocycles. The Morgan fingerprint density at radius 3 is 2.68 bits per heavy atom. The van der Waals surface area contributed by atoms with Crippen molar-refractivity contribution < 1.29 is 9.21 Å². The van der Waals surface area contributed by atoms with E-state index in [4.69, 9.17) is 4.42 Å². The number of nitrogens with one attached hydrogen (secondary N) is 2. The summed E-state index contributed by atoms with van der Waals surface area (Å²) < 4.78 is 7.63. The molecule has 0 atom stereocenters. The third-order valence-electron chi connectivity index (χ3n) is 5.30. The van der Waals surface area contributed by atoms with Crippen molar-refractivity contribution >= 4 is 11.6 Å². The molecule has 144 valence electrons. The summed E-state index contributed by atoms with van der Waals surface area (Å²) in [4.78, 5) is 16.8. The Kier molecular flexibility index (Phi) is 4.40. The van der Waals surface area contributed by atoms with Crippen molar-refractivity contribution in [1.29, 1.82) is 0 Å². The molecule has 3 heterocycles. The highest BCUT2D eigenvalue weighted by Crippen LogP contribution is 2.40. The summed E-state index contributed by atoms with van der Waals surface area (Å²) in [6.07, 6.45) is 7.81. The van der Waals surface area contributed by atoms with Crippen LogP contribution in [0, 0.1) is 0 Å². The molecule has 2 aromatic heterocycles. The van der Waals surface area contributed by atoms with Crippen molar-refractivity contribution in [3.8, 4) is 11.3 Å². The molecular weight excluding hydrogens is 356 g/mol. The van der Waals surface area contributed by atoms with Gasteiger partial charge in [-0.05, 0) is 63.0 Å². The smallest absolute Gasteiger partial charge is 0.277 e. The Hall–Kier alpha value is -3.00. The summed E-state index contributed by atoms with van der Waals surface area (Å²) in [7, 11) is 0. The van der Waals surface area contributed by atoms with E-state index in [2.05, 4.69) is 25.9 Å². The van der Waals surface area contributed by atoms with Gasteiger partial charge in [-0.15, -0.1) is 5.10 Å². The fourth-order valence-corrected chi connectivity index (χ4v) is 3.48. The first-order chi connectivity index (χ1) is 13.8. The summed E-state index contributed by atoms with van der Waals surface area (Å²) >= 11 is 0. The molecule has 2 fully saturated rings. The first-order valence-corrected chi connectivity index (χ1v) is 9.76. The van der Waals surface area contributed by atoms with E-state index in [1.807, 2.05) is 24.3 Å². The lowest BCUT2D eigenvalue weighted by atomic mass is 10.1. The van der Waals surface area contributed by atoms with Crippen LogP contribution in [0.25, 0.3) is 11.3 Å². The van der Waals surface area contributed by atoms with Gasteiger partial charge in [0, 0.05) is 17.2 Å². The number of aromatic nitrogens is 4. The van der Waals surface area contributed by atoms with Crippen LogP contribution in [0.15, 0.2) is 41.1 Å². The van der Waals surface area contributed by atoms with Crippen LogP contribution >= 0.6 is 0 Å². The summed E-state index contributed by atoms with van der Waals surface area (Å²) in [6.45, 7) is 1.93. The molecule has 5 rings (SSSR count). The number of hydrogen-bond donors (Lipinski definition) is 2. The maximum absolute atomic E-state index is 12.5. The van der Waals surface area contributed by atoms with Gasteiger partial charge in [-0.2, -0.15) is 0 Å². The van der Waals surface area contributed by atoms with Crippen molar-refractivity contribution in [2.24, 2.45) is 0 Å². The summed E-state index contributed by atoms with van der Waals surface area (Å²) in [6, 6.07) is 7.84. The fraction of sp³-hybridized carbons (Fsp3) is 0.400. The minimum atomic E-state index is -0.261. The van der Waals surface area contributed by atoms with Gasteiger partial charge >= 0.3 is 0 Å². The van der Waals surface area contributed by atoms with Crippen molar-refractivity contribution in [2.45, 2.75) is 37.6 Å². The molecule has 2 N–H and O–H groups in total. The van der Waals surface area contributed by atoms with Crippen molar-refractivity contribution in [3.05, 3.63) is 48.2 Å². The Morgan fingerprint density at radius 2 is 1.93 bits per heavy atom. The molecule has 2 aliphatic rings. The summed E-state index contributed by atoms with van der Waals surface area (Å²) in [5.74, 6) is 1.81. The first-order valence-electron chi connectivity index (χ1n) is 9.76. The van der Waals surface area contributed by atoms with Crippen LogP contribution in [0.1, 0.15) is 54.0 Å². The van der Waals surface area contributed by atoms with Crippen LogP contribution in [0.2, 0.25) is 0 Å². The molecule has 1 aliphatic carbocycles. The number of anilines is 1. The molecule has 1 amide bonds. The van der Waals surface area contributed by atoms with E-state index in [0.717, 1.165) is 56.0 Å². The van der Waals surface area contributed by atoms with E-state index < -0.39 is 0 Å². The topological polar surface area (TPSA) is 97.9 Å². The quantitative estimate of drug-likeness (QED) is 0.708. The molecule has 0 unspecified atom stereocenters. The van der Waals surface area contributed by atoms with Gasteiger partial charge in [-0.1, -0.05) is 5.21 Å². The highest BCUT2D eigenvalue weighted by Gasteiger charge is 2.28. The number of carbonyl (C=O) groups is 1. The van der Waals surface area contributed by atoms with E-state index >= 15 is 0 Å². The van der Waals surface area contributed by atoms with Crippen LogP contribution < -0.4 is 10.6 Å². The van der Waals surface area contributed by atoms with Gasteiger partial charge in [0.2, 0.25) is 0 Å². The molecule has 1 aromatic carbocycles. The summed E-state index contributed by atoms with van der Waals surface area (Å²) in [5, 5.41) is 14.4. The number of piperidine rings is 1. The second-order valence-corrected chi connectivity index (χ2v) is 7.43. The third-order valence-corrected chi connectivity index (χ3v) is 5.30. The Morgan fingerprint density at radius 1 is 1.14 bits per heavy atom. The highest BCUT2D eigenvalue weighted by molar-refractivity contribution is 6.02. The lowest BCUT2D eigenvalue weighted by Crippen LogP contribution is -2.29. The number of oxazole rings is 1. The Bertz CT molecular complexity index is 967. The second-order valence-electron chi connectivity index (χ2n) is 7.43. The zero-order chi connectivity index (χ0) is 18.9. The monoisotopic (exact) mass is 378 g/mol. The minimum absolute atomic E-state index is 0.261. The van der Waals surface area contributed by atoms with Gasteiger partial charge in [-0.25, -0.2) is 9.67 Å². The Balaban J connectivity index is 1.24. The molecule has 8 nitrogen and oxygen atoms in total. The molecule has 1 aliphatic heterocycles. The lowest BCUT2D eigenvalue weighted by molar-refractivity contribution is 0.102. The maximum Gasteiger partial charge on any atom is 0.277 e. The van der Waals surface area contributed by atoms with Gasteiger partial charge in [0.1, 0.15) is 0 Å². The van der Waals surface area contributed by atoms with Crippen molar-refractivity contribution in [2.75, 3.05) is 18.4 Å². The van der Waals surface area contributed by atoms with Crippen LogP contribution in [0.5, 0.6) is 0 Å². The van der Waals surface area contributed by atoms with E-state index in [1.165, 1.54) is 0 Å². The number of rotatable bonds is 5. The number of carbonyl (C=O) groups excluding carboxylic acids is 1. The summed E-state index contributed by atoms with van der Waals surface area (Å²) in [5.41, 5.74) is 1.97. The van der Waals surface area contributed by atoms with Gasteiger partial charge < -0.3 is 15.1 Å². The van der Waals surface area contributed by atoms with E-state index in [9.17, 15) is 4.79 Å². The number of nitrogens with zero attached hydrogens (tertiary/aromatic N) is 4.